The number of carbonyl (C=O) groups excluding carboxylic acids is 1. The van der Waals surface area contributed by atoms with Crippen molar-refractivity contribution < 1.29 is 13.6 Å². The lowest BCUT2D eigenvalue weighted by Crippen LogP contribution is -2.56. The molecule has 2 fully saturated rings. The summed E-state index contributed by atoms with van der Waals surface area (Å²) in [6.07, 6.45) is 3.38. The maximum absolute atomic E-state index is 15.4. The second kappa shape index (κ2) is 6.91. The van der Waals surface area contributed by atoms with Gasteiger partial charge in [-0.05, 0) is 68.1 Å². The Morgan fingerprint density at radius 3 is 2.50 bits per heavy atom. The van der Waals surface area contributed by atoms with Crippen molar-refractivity contribution in [3.63, 3.8) is 0 Å². The highest BCUT2D eigenvalue weighted by Gasteiger charge is 2.56. The molecule has 1 amide bonds. The number of β-lactam (4-membered cyclic amide) rings is 1. The number of rotatable bonds is 4. The van der Waals surface area contributed by atoms with Crippen LogP contribution in [0.3, 0.4) is 0 Å². The predicted octanol–water partition coefficient (Wildman–Crippen LogP) is 4.72. The molecule has 0 radical (unpaired) electrons. The molecule has 32 heavy (non-hydrogen) atoms. The average molecular weight is 431 g/mol. The molecule has 6 nitrogen and oxygen atoms in total. The Morgan fingerprint density at radius 1 is 1.03 bits per heavy atom. The minimum absolute atomic E-state index is 0.0764. The van der Waals surface area contributed by atoms with E-state index >= 15 is 8.78 Å². The van der Waals surface area contributed by atoms with Crippen molar-refractivity contribution in [2.24, 2.45) is 11.8 Å². The van der Waals surface area contributed by atoms with Crippen molar-refractivity contribution in [2.75, 3.05) is 4.90 Å². The summed E-state index contributed by atoms with van der Waals surface area (Å²) in [7, 11) is 0. The molecule has 3 heterocycles. The molecular weight excluding hydrogens is 412 g/mol. The number of benzene rings is 2. The van der Waals surface area contributed by atoms with Crippen LogP contribution in [-0.2, 0) is 4.79 Å². The van der Waals surface area contributed by atoms with Gasteiger partial charge in [-0.15, -0.1) is 0 Å². The molecule has 160 valence electrons. The van der Waals surface area contributed by atoms with Crippen molar-refractivity contribution in [1.82, 2.24) is 20.2 Å². The number of imidazole rings is 1. The third-order valence-electron chi connectivity index (χ3n) is 6.42. The molecule has 1 saturated heterocycles. The van der Waals surface area contributed by atoms with Crippen LogP contribution in [0.15, 0.2) is 48.8 Å². The Hall–Kier alpha value is -3.68. The second-order valence-electron chi connectivity index (χ2n) is 8.53. The number of hydrogen-bond acceptors (Lipinski definition) is 4. The molecule has 8 heteroatoms. The topological polar surface area (TPSA) is 74.8 Å². The van der Waals surface area contributed by atoms with E-state index in [4.69, 9.17) is 0 Å². The molecule has 2 aliphatic rings. The summed E-state index contributed by atoms with van der Waals surface area (Å²) in [5, 5.41) is 8.00. The molecule has 1 N–H and O–H groups in total. The van der Waals surface area contributed by atoms with E-state index in [1.54, 1.807) is 37.5 Å². The van der Waals surface area contributed by atoms with Gasteiger partial charge >= 0.3 is 0 Å². The molecule has 0 bridgehead atoms. The second-order valence-corrected chi connectivity index (χ2v) is 8.53. The van der Waals surface area contributed by atoms with Crippen LogP contribution in [0, 0.1) is 30.4 Å². The first-order valence-corrected chi connectivity index (χ1v) is 10.6. The van der Waals surface area contributed by atoms with Gasteiger partial charge < -0.3 is 9.88 Å². The van der Waals surface area contributed by atoms with Gasteiger partial charge in [-0.1, -0.05) is 0 Å². The molecule has 1 saturated carbocycles. The van der Waals surface area contributed by atoms with Gasteiger partial charge in [-0.3, -0.25) is 4.79 Å². The van der Waals surface area contributed by atoms with Crippen LogP contribution in [-0.4, -0.2) is 26.1 Å². The quantitative estimate of drug-likeness (QED) is 0.475. The maximum Gasteiger partial charge on any atom is 0.233 e. The fraction of sp³-hybridized carbons (Fsp3) is 0.250. The largest absolute Gasteiger partial charge is 0.345 e. The Morgan fingerprint density at radius 2 is 1.81 bits per heavy atom. The van der Waals surface area contributed by atoms with Crippen molar-refractivity contribution in [2.45, 2.75) is 25.8 Å². The summed E-state index contributed by atoms with van der Waals surface area (Å²) < 4.78 is 30.8. The van der Waals surface area contributed by atoms with E-state index in [1.165, 1.54) is 17.0 Å². The average Bonchev–Trinajstić information content (AvgIpc) is 3.47. The summed E-state index contributed by atoms with van der Waals surface area (Å²) in [6.45, 7) is 1.79. The number of aromatic nitrogens is 4. The number of carbonyl (C=O) groups is 1. The van der Waals surface area contributed by atoms with Crippen molar-refractivity contribution in [1.29, 1.82) is 0 Å². The number of nitrogens with one attached hydrogen (secondary N) is 1. The first-order chi connectivity index (χ1) is 15.5. The highest BCUT2D eigenvalue weighted by atomic mass is 19.1. The number of fused-ring (bicyclic) bond motifs is 1. The molecular formula is C24H19F2N5O. The van der Waals surface area contributed by atoms with Gasteiger partial charge in [-0.2, -0.15) is 10.2 Å². The number of nitrogens with zero attached hydrogens (tertiary/aromatic N) is 4. The molecule has 2 atom stereocenters. The predicted molar refractivity (Wildman–Crippen MR) is 115 cm³/mol. The maximum atomic E-state index is 15.4. The highest BCUT2D eigenvalue weighted by molar-refractivity contribution is 6.04. The number of aryl methyl sites for hydroxylation is 1. The van der Waals surface area contributed by atoms with Gasteiger partial charge in [-0.25, -0.2) is 13.8 Å². The van der Waals surface area contributed by atoms with E-state index in [9.17, 15) is 4.79 Å². The minimum Gasteiger partial charge on any atom is -0.345 e. The molecule has 0 spiro atoms. The van der Waals surface area contributed by atoms with Crippen molar-refractivity contribution >= 4 is 22.6 Å². The third kappa shape index (κ3) is 2.90. The van der Waals surface area contributed by atoms with E-state index in [0.717, 1.165) is 24.1 Å². The Balaban J connectivity index is 1.43. The number of anilines is 1. The summed E-state index contributed by atoms with van der Waals surface area (Å²) in [5.41, 5.74) is 3.46. The monoisotopic (exact) mass is 431 g/mol. The van der Waals surface area contributed by atoms with Crippen LogP contribution in [0.1, 0.15) is 30.1 Å². The lowest BCUT2D eigenvalue weighted by Gasteiger charge is -2.48. The zero-order valence-electron chi connectivity index (χ0n) is 17.2. The Bertz CT molecular complexity index is 1340. The summed E-state index contributed by atoms with van der Waals surface area (Å²) in [6, 6.07) is 10.7. The first-order valence-electron chi connectivity index (χ1n) is 10.6. The molecule has 2 aromatic carbocycles. The van der Waals surface area contributed by atoms with Gasteiger partial charge in [0.05, 0.1) is 40.7 Å². The van der Waals surface area contributed by atoms with Crippen LogP contribution in [0.5, 0.6) is 0 Å². The van der Waals surface area contributed by atoms with Crippen LogP contribution >= 0.6 is 0 Å². The van der Waals surface area contributed by atoms with Gasteiger partial charge in [0, 0.05) is 16.8 Å². The van der Waals surface area contributed by atoms with E-state index in [0.29, 0.717) is 22.5 Å². The number of H-pyrrole nitrogens is 1. The molecule has 6 rings (SSSR count). The third-order valence-corrected chi connectivity index (χ3v) is 6.42. The van der Waals surface area contributed by atoms with Crippen LogP contribution in [0.2, 0.25) is 0 Å². The first kappa shape index (κ1) is 19.0. The van der Waals surface area contributed by atoms with E-state index in [-0.39, 0.29) is 17.4 Å². The molecule has 1 aliphatic heterocycles. The SMILES string of the molecule is Cc1ccc(-c2cc(F)c([C@@H]3[C@H](C4CC4)C(=O)N3c3ccc4[nH]cnc4c3)c(F)c2)nn1. The van der Waals surface area contributed by atoms with E-state index in [2.05, 4.69) is 20.2 Å². The van der Waals surface area contributed by atoms with Crippen LogP contribution in [0.25, 0.3) is 22.3 Å². The van der Waals surface area contributed by atoms with Gasteiger partial charge in [0.25, 0.3) is 0 Å². The summed E-state index contributed by atoms with van der Waals surface area (Å²) in [4.78, 5) is 21.8. The van der Waals surface area contributed by atoms with E-state index in [1.807, 2.05) is 6.07 Å². The van der Waals surface area contributed by atoms with Gasteiger partial charge in [0.2, 0.25) is 5.91 Å². The lowest BCUT2D eigenvalue weighted by molar-refractivity contribution is -0.131. The highest BCUT2D eigenvalue weighted by Crippen LogP contribution is 2.55. The van der Waals surface area contributed by atoms with Crippen LogP contribution < -0.4 is 4.90 Å². The lowest BCUT2D eigenvalue weighted by atomic mass is 9.78. The Labute approximate surface area is 182 Å². The Kier molecular flexibility index (Phi) is 4.11. The van der Waals surface area contributed by atoms with Gasteiger partial charge in [0.1, 0.15) is 11.6 Å². The smallest absolute Gasteiger partial charge is 0.233 e. The molecule has 1 aliphatic carbocycles. The number of hydrogen-bond donors (Lipinski definition) is 1. The number of halogens is 2. The van der Waals surface area contributed by atoms with Crippen molar-refractivity contribution in [3.8, 4) is 11.3 Å². The standard InChI is InChI=1S/C24H19F2N5O/c1-12-2-6-18(30-29-12)14-8-16(25)22(17(26)9-14)23-21(13-3-4-13)24(32)31(23)15-5-7-19-20(10-15)28-11-27-19/h2,5-11,13,21,23H,3-4H2,1H3,(H,27,28)/t21-,23-/m0/s1. The van der Waals surface area contributed by atoms with E-state index < -0.39 is 23.6 Å². The van der Waals surface area contributed by atoms with Gasteiger partial charge in [0.15, 0.2) is 0 Å². The normalized spacial score (nSPS) is 20.6. The zero-order chi connectivity index (χ0) is 22.0. The molecule has 2 aromatic heterocycles. The number of amides is 1. The fourth-order valence-electron chi connectivity index (χ4n) is 4.66. The molecule has 4 aromatic rings. The zero-order valence-corrected chi connectivity index (χ0v) is 17.2. The fourth-order valence-corrected chi connectivity index (χ4v) is 4.66. The summed E-state index contributed by atoms with van der Waals surface area (Å²) >= 11 is 0. The molecule has 0 unspecified atom stereocenters. The van der Waals surface area contributed by atoms with Crippen LogP contribution in [0.4, 0.5) is 14.5 Å². The summed E-state index contributed by atoms with van der Waals surface area (Å²) in [5.74, 6) is -1.72. The minimum atomic E-state index is -0.690. The number of aromatic amines is 1. The van der Waals surface area contributed by atoms with Crippen molar-refractivity contribution in [3.05, 3.63) is 71.7 Å².